The maximum absolute atomic E-state index is 12.7. The van der Waals surface area contributed by atoms with Gasteiger partial charge < -0.3 is 10.1 Å². The quantitative estimate of drug-likeness (QED) is 0.757. The molecule has 2 heterocycles. The Morgan fingerprint density at radius 3 is 2.96 bits per heavy atom. The van der Waals surface area contributed by atoms with Crippen molar-refractivity contribution in [2.45, 2.75) is 35.2 Å². The molecule has 1 aromatic heterocycles. The Hall–Kier alpha value is -1.32. The van der Waals surface area contributed by atoms with Gasteiger partial charge in [-0.15, -0.1) is 10.2 Å². The molecule has 1 unspecified atom stereocenters. The molecule has 1 atom stereocenters. The number of nitrogens with one attached hydrogen (secondary N) is 1. The van der Waals surface area contributed by atoms with Gasteiger partial charge in [0.2, 0.25) is 5.13 Å². The van der Waals surface area contributed by atoms with Crippen LogP contribution >= 0.6 is 23.1 Å². The van der Waals surface area contributed by atoms with Gasteiger partial charge in [-0.1, -0.05) is 41.3 Å². The predicted octanol–water partition coefficient (Wildman–Crippen LogP) is 4.44. The first-order chi connectivity index (χ1) is 11.5. The van der Waals surface area contributed by atoms with Crippen molar-refractivity contribution in [1.29, 1.82) is 0 Å². The van der Waals surface area contributed by atoms with Gasteiger partial charge in [0.1, 0.15) is 0 Å². The number of hydrogen-bond acceptors (Lipinski definition) is 6. The van der Waals surface area contributed by atoms with E-state index in [4.69, 9.17) is 4.74 Å². The van der Waals surface area contributed by atoms with Crippen LogP contribution in [0.5, 0.6) is 0 Å². The van der Waals surface area contributed by atoms with Gasteiger partial charge in [-0.2, -0.15) is 13.2 Å². The van der Waals surface area contributed by atoms with Crippen LogP contribution in [0.2, 0.25) is 0 Å². The molecule has 24 heavy (non-hydrogen) atoms. The molecule has 0 spiro atoms. The SMILES string of the molecule is FC(F)(F)c1cccc(CSc2nnc(NCC3CCCO3)s2)c1. The van der Waals surface area contributed by atoms with Crippen molar-refractivity contribution in [2.24, 2.45) is 0 Å². The molecule has 1 aliphatic heterocycles. The summed E-state index contributed by atoms with van der Waals surface area (Å²) in [6, 6.07) is 5.35. The second kappa shape index (κ2) is 7.71. The van der Waals surface area contributed by atoms with Crippen LogP contribution in [0.25, 0.3) is 0 Å². The zero-order chi connectivity index (χ0) is 17.0. The number of halogens is 3. The highest BCUT2D eigenvalue weighted by atomic mass is 32.2. The van der Waals surface area contributed by atoms with E-state index < -0.39 is 11.7 Å². The van der Waals surface area contributed by atoms with Crippen LogP contribution in [0.1, 0.15) is 24.0 Å². The number of anilines is 1. The molecule has 0 bridgehead atoms. The highest BCUT2D eigenvalue weighted by Gasteiger charge is 2.30. The molecule has 1 saturated heterocycles. The molecule has 1 aliphatic rings. The van der Waals surface area contributed by atoms with Crippen molar-refractivity contribution in [3.63, 3.8) is 0 Å². The Bertz CT molecular complexity index is 672. The van der Waals surface area contributed by atoms with Crippen LogP contribution in [0.15, 0.2) is 28.6 Å². The van der Waals surface area contributed by atoms with E-state index in [-0.39, 0.29) is 6.10 Å². The van der Waals surface area contributed by atoms with Crippen LogP contribution in [0.3, 0.4) is 0 Å². The summed E-state index contributed by atoms with van der Waals surface area (Å²) in [5.41, 5.74) is -0.0179. The van der Waals surface area contributed by atoms with E-state index >= 15 is 0 Å². The fraction of sp³-hybridized carbons (Fsp3) is 0.467. The number of rotatable bonds is 6. The average molecular weight is 375 g/mol. The Morgan fingerprint density at radius 1 is 1.33 bits per heavy atom. The second-order valence-electron chi connectivity index (χ2n) is 5.38. The number of nitrogens with zero attached hydrogens (tertiary/aromatic N) is 2. The van der Waals surface area contributed by atoms with Gasteiger partial charge in [-0.05, 0) is 24.5 Å². The van der Waals surface area contributed by atoms with Crippen LogP contribution < -0.4 is 5.32 Å². The van der Waals surface area contributed by atoms with Gasteiger partial charge in [0.25, 0.3) is 0 Å². The fourth-order valence-corrected chi connectivity index (χ4v) is 4.03. The summed E-state index contributed by atoms with van der Waals surface area (Å²) in [7, 11) is 0. The zero-order valence-corrected chi connectivity index (χ0v) is 14.3. The van der Waals surface area contributed by atoms with Gasteiger partial charge in [-0.25, -0.2) is 0 Å². The van der Waals surface area contributed by atoms with E-state index in [2.05, 4.69) is 15.5 Å². The molecule has 3 rings (SSSR count). The van der Waals surface area contributed by atoms with Crippen LogP contribution in [0.4, 0.5) is 18.3 Å². The van der Waals surface area contributed by atoms with E-state index in [1.807, 2.05) is 0 Å². The largest absolute Gasteiger partial charge is 0.416 e. The zero-order valence-electron chi connectivity index (χ0n) is 12.7. The standard InChI is InChI=1S/C15H16F3N3OS2/c16-15(17,18)11-4-1-3-10(7-11)9-23-14-21-20-13(24-14)19-8-12-5-2-6-22-12/h1,3-4,7,12H,2,5-6,8-9H2,(H,19,20). The van der Waals surface area contributed by atoms with Crippen molar-refractivity contribution in [3.05, 3.63) is 35.4 Å². The molecule has 9 heteroatoms. The number of hydrogen-bond donors (Lipinski definition) is 1. The summed E-state index contributed by atoms with van der Waals surface area (Å²) in [4.78, 5) is 0. The third-order valence-corrected chi connectivity index (χ3v) is 5.61. The summed E-state index contributed by atoms with van der Waals surface area (Å²) in [6.45, 7) is 1.51. The minimum atomic E-state index is -4.32. The molecule has 0 radical (unpaired) electrons. The van der Waals surface area contributed by atoms with Crippen molar-refractivity contribution in [3.8, 4) is 0 Å². The molecular formula is C15H16F3N3OS2. The summed E-state index contributed by atoms with van der Waals surface area (Å²) >= 11 is 2.78. The predicted molar refractivity (Wildman–Crippen MR) is 88.4 cm³/mol. The summed E-state index contributed by atoms with van der Waals surface area (Å²) < 4.78 is 44.4. The molecule has 1 aromatic carbocycles. The average Bonchev–Trinajstić information content (AvgIpc) is 3.22. The highest BCUT2D eigenvalue weighted by Crippen LogP contribution is 2.32. The lowest BCUT2D eigenvalue weighted by Gasteiger charge is -2.08. The van der Waals surface area contributed by atoms with Crippen molar-refractivity contribution < 1.29 is 17.9 Å². The number of alkyl halides is 3. The molecule has 1 N–H and O–H groups in total. The minimum absolute atomic E-state index is 0.218. The maximum atomic E-state index is 12.7. The number of benzene rings is 1. The van der Waals surface area contributed by atoms with Crippen LogP contribution in [-0.2, 0) is 16.7 Å². The first-order valence-corrected chi connectivity index (χ1v) is 9.29. The molecule has 0 aliphatic carbocycles. The number of aromatic nitrogens is 2. The highest BCUT2D eigenvalue weighted by molar-refractivity contribution is 8.00. The van der Waals surface area contributed by atoms with E-state index in [1.165, 1.54) is 35.2 Å². The first-order valence-electron chi connectivity index (χ1n) is 7.48. The topological polar surface area (TPSA) is 47.0 Å². The van der Waals surface area contributed by atoms with E-state index in [0.717, 1.165) is 29.9 Å². The maximum Gasteiger partial charge on any atom is 0.416 e. The van der Waals surface area contributed by atoms with Gasteiger partial charge in [0.05, 0.1) is 11.7 Å². The smallest absolute Gasteiger partial charge is 0.376 e. The van der Waals surface area contributed by atoms with Gasteiger partial charge in [0, 0.05) is 18.9 Å². The first kappa shape index (κ1) is 17.5. The van der Waals surface area contributed by atoms with Crippen molar-refractivity contribution >= 4 is 28.2 Å². The number of ether oxygens (including phenoxy) is 1. The monoisotopic (exact) mass is 375 g/mol. The fourth-order valence-electron chi connectivity index (χ4n) is 2.33. The molecule has 4 nitrogen and oxygen atoms in total. The summed E-state index contributed by atoms with van der Waals surface area (Å²) in [5.74, 6) is 0.421. The van der Waals surface area contributed by atoms with Gasteiger partial charge in [-0.3, -0.25) is 0 Å². The molecule has 2 aromatic rings. The minimum Gasteiger partial charge on any atom is -0.376 e. The molecule has 1 fully saturated rings. The van der Waals surface area contributed by atoms with Crippen LogP contribution in [-0.4, -0.2) is 29.5 Å². The Balaban J connectivity index is 1.51. The molecule has 0 amide bonds. The lowest BCUT2D eigenvalue weighted by atomic mass is 10.1. The van der Waals surface area contributed by atoms with E-state index in [0.29, 0.717) is 23.0 Å². The van der Waals surface area contributed by atoms with E-state index in [1.54, 1.807) is 6.07 Å². The Kier molecular flexibility index (Phi) is 5.62. The summed E-state index contributed by atoms with van der Waals surface area (Å²) in [5, 5.41) is 12.0. The normalized spacial score (nSPS) is 18.0. The Labute approximate surface area is 145 Å². The molecule has 0 saturated carbocycles. The van der Waals surface area contributed by atoms with Crippen LogP contribution in [0, 0.1) is 0 Å². The van der Waals surface area contributed by atoms with Crippen molar-refractivity contribution in [1.82, 2.24) is 10.2 Å². The lowest BCUT2D eigenvalue weighted by molar-refractivity contribution is -0.137. The third kappa shape index (κ3) is 4.84. The van der Waals surface area contributed by atoms with Gasteiger partial charge in [0.15, 0.2) is 4.34 Å². The third-order valence-electron chi connectivity index (χ3n) is 3.53. The second-order valence-corrected chi connectivity index (χ2v) is 7.58. The van der Waals surface area contributed by atoms with Gasteiger partial charge >= 0.3 is 6.18 Å². The summed E-state index contributed by atoms with van der Waals surface area (Å²) in [6.07, 6.45) is -1.97. The van der Waals surface area contributed by atoms with Crippen molar-refractivity contribution in [2.75, 3.05) is 18.5 Å². The molecule has 130 valence electrons. The van der Waals surface area contributed by atoms with E-state index in [9.17, 15) is 13.2 Å². The molecular weight excluding hydrogens is 359 g/mol. The Morgan fingerprint density at radius 2 is 2.21 bits per heavy atom. The number of thioether (sulfide) groups is 1. The lowest BCUT2D eigenvalue weighted by Crippen LogP contribution is -2.18.